The Morgan fingerprint density at radius 3 is 2.83 bits per heavy atom. The van der Waals surface area contributed by atoms with Crippen LogP contribution in [0, 0.1) is 17.3 Å². The van der Waals surface area contributed by atoms with E-state index in [1.54, 1.807) is 36.1 Å². The molecule has 2 aliphatic heterocycles. The van der Waals surface area contributed by atoms with Gasteiger partial charge in [0.2, 0.25) is 11.8 Å². The Hall–Kier alpha value is -2.21. The topological polar surface area (TPSA) is 86.7 Å². The van der Waals surface area contributed by atoms with Gasteiger partial charge in [-0.2, -0.15) is 0 Å². The number of Topliss-reactive ketones (excluding diaryl/α,β-unsaturated/α-hetero) is 1. The van der Waals surface area contributed by atoms with Crippen molar-refractivity contribution in [3.63, 3.8) is 0 Å². The summed E-state index contributed by atoms with van der Waals surface area (Å²) in [5.74, 6) is -1.89. The molecule has 0 spiro atoms. The van der Waals surface area contributed by atoms with Crippen LogP contribution in [0.5, 0.6) is 0 Å². The molecule has 126 valence electrons. The number of nitrogens with one attached hydrogen (secondary N) is 1. The molecule has 0 radical (unpaired) electrons. The second kappa shape index (κ2) is 5.14. The summed E-state index contributed by atoms with van der Waals surface area (Å²) in [4.78, 5) is 40.0. The van der Waals surface area contributed by atoms with E-state index in [1.807, 2.05) is 0 Å². The first-order valence-electron chi connectivity index (χ1n) is 8.36. The SMILES string of the molecule is C[C@]12C(=O)c3ccccc3NC(=O)[C@H]1[C@H]2C(=O)N1CCC[C@H](O)C1. The lowest BCUT2D eigenvalue weighted by Crippen LogP contribution is -2.44. The molecule has 6 nitrogen and oxygen atoms in total. The molecule has 1 saturated heterocycles. The third-order valence-corrected chi connectivity index (χ3v) is 5.69. The van der Waals surface area contributed by atoms with Gasteiger partial charge in [0.15, 0.2) is 5.78 Å². The lowest BCUT2D eigenvalue weighted by molar-refractivity contribution is -0.137. The first-order chi connectivity index (χ1) is 11.4. The largest absolute Gasteiger partial charge is 0.391 e. The number of amides is 2. The Morgan fingerprint density at radius 2 is 2.08 bits per heavy atom. The number of benzene rings is 1. The maximum absolute atomic E-state index is 13.0. The molecule has 0 bridgehead atoms. The Morgan fingerprint density at radius 1 is 1.33 bits per heavy atom. The van der Waals surface area contributed by atoms with Gasteiger partial charge in [-0.05, 0) is 25.0 Å². The molecule has 24 heavy (non-hydrogen) atoms. The number of hydrogen-bond donors (Lipinski definition) is 2. The van der Waals surface area contributed by atoms with Gasteiger partial charge in [-0.25, -0.2) is 0 Å². The van der Waals surface area contributed by atoms with Crippen LogP contribution in [0.15, 0.2) is 24.3 Å². The summed E-state index contributed by atoms with van der Waals surface area (Å²) >= 11 is 0. The standard InChI is InChI=1S/C18H20N2O4/c1-18-13(14(18)17(24)20-8-4-5-10(21)9-20)16(23)19-12-7-3-2-6-11(12)15(18)22/h2-3,6-7,10,13-14,21H,4-5,8-9H2,1H3,(H,19,23)/t10-,13+,14-,18-/m0/s1. The molecule has 4 rings (SSSR count). The van der Waals surface area contributed by atoms with Crippen molar-refractivity contribution < 1.29 is 19.5 Å². The minimum atomic E-state index is -0.990. The first kappa shape index (κ1) is 15.3. The number of piperidine rings is 1. The fourth-order valence-corrected chi connectivity index (χ4v) is 4.26. The molecule has 4 atom stereocenters. The van der Waals surface area contributed by atoms with Gasteiger partial charge in [-0.1, -0.05) is 19.1 Å². The molecule has 2 N–H and O–H groups in total. The number of aliphatic hydroxyl groups is 1. The zero-order valence-corrected chi connectivity index (χ0v) is 13.5. The molecule has 6 heteroatoms. The van der Waals surface area contributed by atoms with Crippen molar-refractivity contribution in [3.8, 4) is 0 Å². The van der Waals surface area contributed by atoms with Crippen molar-refractivity contribution in [3.05, 3.63) is 29.8 Å². The Bertz CT molecular complexity index is 746. The molecule has 0 aromatic heterocycles. The van der Waals surface area contributed by atoms with Gasteiger partial charge < -0.3 is 15.3 Å². The zero-order valence-electron chi connectivity index (χ0n) is 13.5. The van der Waals surface area contributed by atoms with Gasteiger partial charge in [-0.3, -0.25) is 14.4 Å². The zero-order chi connectivity index (χ0) is 17.1. The number of hydrogen-bond acceptors (Lipinski definition) is 4. The van der Waals surface area contributed by atoms with Crippen LogP contribution in [0.25, 0.3) is 0 Å². The van der Waals surface area contributed by atoms with Crippen molar-refractivity contribution >= 4 is 23.3 Å². The summed E-state index contributed by atoms with van der Waals surface area (Å²) in [5, 5.41) is 12.6. The van der Waals surface area contributed by atoms with Crippen LogP contribution in [0.1, 0.15) is 30.1 Å². The number of β-amino-alcohol motifs (C(OH)–C–C–N with tert-alkyl or cyclic N) is 1. The molecule has 0 unspecified atom stereocenters. The Kier molecular flexibility index (Phi) is 3.28. The number of nitrogens with zero attached hydrogens (tertiary/aromatic N) is 1. The highest BCUT2D eigenvalue weighted by molar-refractivity contribution is 6.19. The highest BCUT2D eigenvalue weighted by Gasteiger charge is 2.73. The lowest BCUT2D eigenvalue weighted by atomic mass is 9.92. The fraction of sp³-hybridized carbons (Fsp3) is 0.500. The van der Waals surface area contributed by atoms with E-state index in [4.69, 9.17) is 0 Å². The number of rotatable bonds is 1. The van der Waals surface area contributed by atoms with Gasteiger partial charge in [0, 0.05) is 18.7 Å². The third-order valence-electron chi connectivity index (χ3n) is 5.69. The van der Waals surface area contributed by atoms with Gasteiger partial charge in [0.05, 0.1) is 29.0 Å². The van der Waals surface area contributed by atoms with Gasteiger partial charge >= 0.3 is 0 Å². The summed E-state index contributed by atoms with van der Waals surface area (Å²) in [6.45, 7) is 2.57. The predicted molar refractivity (Wildman–Crippen MR) is 86.3 cm³/mol. The average Bonchev–Trinajstić information content (AvgIpc) is 3.22. The number of para-hydroxylation sites is 1. The average molecular weight is 328 g/mol. The van der Waals surface area contributed by atoms with Crippen LogP contribution < -0.4 is 5.32 Å². The van der Waals surface area contributed by atoms with Crippen LogP contribution in [0.3, 0.4) is 0 Å². The predicted octanol–water partition coefficient (Wildman–Crippen LogP) is 1.06. The minimum absolute atomic E-state index is 0.155. The fourth-order valence-electron chi connectivity index (χ4n) is 4.26. The second-order valence-corrected chi connectivity index (χ2v) is 7.18. The van der Waals surface area contributed by atoms with E-state index in [2.05, 4.69) is 5.32 Å². The van der Waals surface area contributed by atoms with Crippen molar-refractivity contribution in [2.75, 3.05) is 18.4 Å². The Balaban J connectivity index is 1.66. The van der Waals surface area contributed by atoms with Crippen molar-refractivity contribution in [2.24, 2.45) is 17.3 Å². The van der Waals surface area contributed by atoms with E-state index >= 15 is 0 Å². The molecule has 1 saturated carbocycles. The van der Waals surface area contributed by atoms with Crippen LogP contribution in [-0.4, -0.2) is 46.8 Å². The maximum atomic E-state index is 13.0. The normalized spacial score (nSPS) is 34.8. The molecule has 1 aliphatic carbocycles. The molecule has 1 aromatic carbocycles. The summed E-state index contributed by atoms with van der Waals surface area (Å²) in [7, 11) is 0. The van der Waals surface area contributed by atoms with Gasteiger partial charge in [-0.15, -0.1) is 0 Å². The summed E-state index contributed by atoms with van der Waals surface area (Å²) < 4.78 is 0. The summed E-state index contributed by atoms with van der Waals surface area (Å²) in [5.41, 5.74) is -0.0127. The number of carbonyl (C=O) groups is 3. The van der Waals surface area contributed by atoms with E-state index in [0.717, 1.165) is 6.42 Å². The monoisotopic (exact) mass is 328 g/mol. The molecular weight excluding hydrogens is 308 g/mol. The maximum Gasteiger partial charge on any atom is 0.229 e. The summed E-state index contributed by atoms with van der Waals surface area (Å²) in [6.07, 6.45) is 0.899. The van der Waals surface area contributed by atoms with E-state index in [9.17, 15) is 19.5 Å². The van der Waals surface area contributed by atoms with Crippen molar-refractivity contribution in [2.45, 2.75) is 25.9 Å². The van der Waals surface area contributed by atoms with Crippen molar-refractivity contribution in [1.82, 2.24) is 4.90 Å². The minimum Gasteiger partial charge on any atom is -0.391 e. The quantitative estimate of drug-likeness (QED) is 0.807. The molecule has 2 heterocycles. The van der Waals surface area contributed by atoms with Crippen LogP contribution in [0.2, 0.25) is 0 Å². The number of aliphatic hydroxyl groups excluding tert-OH is 1. The molecular formula is C18H20N2O4. The van der Waals surface area contributed by atoms with Crippen LogP contribution in [0.4, 0.5) is 5.69 Å². The second-order valence-electron chi connectivity index (χ2n) is 7.18. The van der Waals surface area contributed by atoms with E-state index in [-0.39, 0.29) is 24.1 Å². The first-order valence-corrected chi connectivity index (χ1v) is 8.36. The van der Waals surface area contributed by atoms with Crippen molar-refractivity contribution in [1.29, 1.82) is 0 Å². The molecule has 2 amide bonds. The smallest absolute Gasteiger partial charge is 0.229 e. The third kappa shape index (κ3) is 2.02. The highest BCUT2D eigenvalue weighted by atomic mass is 16.3. The summed E-state index contributed by atoms with van der Waals surface area (Å²) in [6, 6.07) is 6.92. The Labute approximate surface area is 139 Å². The highest BCUT2D eigenvalue weighted by Crippen LogP contribution is 2.62. The van der Waals surface area contributed by atoms with E-state index in [0.29, 0.717) is 24.2 Å². The lowest BCUT2D eigenvalue weighted by Gasteiger charge is -2.30. The molecule has 1 aromatic rings. The van der Waals surface area contributed by atoms with Gasteiger partial charge in [0.25, 0.3) is 0 Å². The van der Waals surface area contributed by atoms with Crippen LogP contribution >= 0.6 is 0 Å². The number of ketones is 1. The number of likely N-dealkylation sites (tertiary alicyclic amines) is 1. The van der Waals surface area contributed by atoms with Crippen LogP contribution in [-0.2, 0) is 9.59 Å². The van der Waals surface area contributed by atoms with E-state index in [1.165, 1.54) is 0 Å². The number of fused-ring (bicyclic) bond motifs is 2. The molecule has 3 aliphatic rings. The number of anilines is 1. The molecule has 2 fully saturated rings. The van der Waals surface area contributed by atoms with Gasteiger partial charge in [0.1, 0.15) is 0 Å². The van der Waals surface area contributed by atoms with E-state index < -0.39 is 23.4 Å². The number of carbonyl (C=O) groups excluding carboxylic acids is 3.